The van der Waals surface area contributed by atoms with Gasteiger partial charge in [-0.2, -0.15) is 0 Å². The molecule has 2 aliphatic rings. The Bertz CT molecular complexity index is 1170. The number of carbonyl (C=O) groups excluding carboxylic acids is 2. The van der Waals surface area contributed by atoms with Gasteiger partial charge in [-0.05, 0) is 50.3 Å². The van der Waals surface area contributed by atoms with Crippen LogP contribution < -0.4 is 4.90 Å². The average Bonchev–Trinajstić information content (AvgIpc) is 3.34. The van der Waals surface area contributed by atoms with Gasteiger partial charge in [-0.3, -0.25) is 19.5 Å². The third-order valence-electron chi connectivity index (χ3n) is 6.54. The maximum Gasteiger partial charge on any atom is 0.256 e. The van der Waals surface area contributed by atoms with Gasteiger partial charge in [0.15, 0.2) is 5.82 Å². The van der Waals surface area contributed by atoms with E-state index in [1.165, 1.54) is 5.56 Å². The number of likely N-dealkylation sites (tertiary alicyclic amines) is 1. The van der Waals surface area contributed by atoms with Crippen LogP contribution in [0.2, 0.25) is 0 Å². The second kappa shape index (κ2) is 9.10. The number of anilines is 1. The van der Waals surface area contributed by atoms with E-state index in [0.717, 1.165) is 30.5 Å². The lowest BCUT2D eigenvalue weighted by Crippen LogP contribution is -2.39. The molecule has 1 aromatic carbocycles. The number of benzene rings is 1. The molecule has 7 heteroatoms. The highest BCUT2D eigenvalue weighted by atomic mass is 16.2. The van der Waals surface area contributed by atoms with Gasteiger partial charge in [-0.15, -0.1) is 0 Å². The summed E-state index contributed by atoms with van der Waals surface area (Å²) in [7, 11) is 0. The standard InChI is InChI=1S/C26H27N5O2/c1-18-21-11-12-23(32)31(16-13-19-7-3-2-4-8-19)25(21)29-24(28-18)22-10-6-15-30(22)26(33)20-9-5-14-27-17-20/h2-5,7-9,14,17,22H,6,10-13,15-16H2,1H3/t22-/m1/s1. The number of amides is 2. The summed E-state index contributed by atoms with van der Waals surface area (Å²) in [5, 5.41) is 0. The van der Waals surface area contributed by atoms with E-state index in [0.29, 0.717) is 43.1 Å². The number of hydrogen-bond donors (Lipinski definition) is 0. The fourth-order valence-corrected chi connectivity index (χ4v) is 4.80. The average molecular weight is 442 g/mol. The van der Waals surface area contributed by atoms with Crippen molar-refractivity contribution in [2.24, 2.45) is 0 Å². The topological polar surface area (TPSA) is 79.3 Å². The summed E-state index contributed by atoms with van der Waals surface area (Å²) in [6.07, 6.45) is 6.86. The lowest BCUT2D eigenvalue weighted by Gasteiger charge is -2.31. The Morgan fingerprint density at radius 2 is 1.94 bits per heavy atom. The monoisotopic (exact) mass is 441 g/mol. The molecule has 1 atom stereocenters. The molecule has 2 aliphatic heterocycles. The van der Waals surface area contributed by atoms with Crippen molar-refractivity contribution in [3.63, 3.8) is 0 Å². The summed E-state index contributed by atoms with van der Waals surface area (Å²) in [6, 6.07) is 13.5. The molecule has 5 rings (SSSR count). The summed E-state index contributed by atoms with van der Waals surface area (Å²) in [5.74, 6) is 1.38. The van der Waals surface area contributed by atoms with Crippen molar-refractivity contribution in [3.8, 4) is 0 Å². The molecule has 0 N–H and O–H groups in total. The van der Waals surface area contributed by atoms with Crippen molar-refractivity contribution in [1.82, 2.24) is 19.9 Å². The number of nitrogens with zero attached hydrogens (tertiary/aromatic N) is 5. The number of pyridine rings is 1. The van der Waals surface area contributed by atoms with Crippen LogP contribution in [0.1, 0.15) is 58.3 Å². The van der Waals surface area contributed by atoms with Crippen LogP contribution in [0.15, 0.2) is 54.9 Å². The highest BCUT2D eigenvalue weighted by Crippen LogP contribution is 2.35. The third kappa shape index (κ3) is 4.23. The first-order valence-electron chi connectivity index (χ1n) is 11.5. The Kier molecular flexibility index (Phi) is 5.86. The fraction of sp³-hybridized carbons (Fsp3) is 0.346. The minimum absolute atomic E-state index is 0.0541. The molecule has 0 bridgehead atoms. The van der Waals surface area contributed by atoms with Crippen LogP contribution in [0.5, 0.6) is 0 Å². The van der Waals surface area contributed by atoms with Gasteiger partial charge >= 0.3 is 0 Å². The molecule has 7 nitrogen and oxygen atoms in total. The molecule has 0 unspecified atom stereocenters. The first-order chi connectivity index (χ1) is 16.1. The minimum Gasteiger partial charge on any atom is -0.328 e. The summed E-state index contributed by atoms with van der Waals surface area (Å²) in [4.78, 5) is 43.5. The maximum absolute atomic E-state index is 13.1. The van der Waals surface area contributed by atoms with Gasteiger partial charge in [0.1, 0.15) is 5.82 Å². The van der Waals surface area contributed by atoms with Gasteiger partial charge in [0, 0.05) is 43.2 Å². The lowest BCUT2D eigenvalue weighted by atomic mass is 10.0. The Morgan fingerprint density at radius 3 is 2.73 bits per heavy atom. The van der Waals surface area contributed by atoms with Crippen LogP contribution in [-0.4, -0.2) is 44.8 Å². The van der Waals surface area contributed by atoms with Gasteiger partial charge in [0.2, 0.25) is 5.91 Å². The first-order valence-corrected chi connectivity index (χ1v) is 11.5. The van der Waals surface area contributed by atoms with Crippen molar-refractivity contribution in [1.29, 1.82) is 0 Å². The minimum atomic E-state index is -0.199. The number of hydrogen-bond acceptors (Lipinski definition) is 5. The number of carbonyl (C=O) groups is 2. The Balaban J connectivity index is 1.45. The van der Waals surface area contributed by atoms with Gasteiger partial charge in [-0.25, -0.2) is 9.97 Å². The van der Waals surface area contributed by atoms with E-state index in [4.69, 9.17) is 9.97 Å². The molecule has 0 radical (unpaired) electrons. The molecule has 2 aromatic heterocycles. The molecule has 1 fully saturated rings. The first kappa shape index (κ1) is 21.2. The lowest BCUT2D eigenvalue weighted by molar-refractivity contribution is -0.118. The Labute approximate surface area is 193 Å². The predicted octanol–water partition coefficient (Wildman–Crippen LogP) is 3.68. The zero-order valence-corrected chi connectivity index (χ0v) is 18.8. The van der Waals surface area contributed by atoms with Gasteiger partial charge in [0.05, 0.1) is 11.6 Å². The SMILES string of the molecule is Cc1nc([C@H]2CCCN2C(=O)c2cccnc2)nc2c1CCC(=O)N2CCc1ccccc1. The van der Waals surface area contributed by atoms with E-state index in [1.54, 1.807) is 24.5 Å². The number of fused-ring (bicyclic) bond motifs is 1. The second-order valence-corrected chi connectivity index (χ2v) is 8.65. The fourth-order valence-electron chi connectivity index (χ4n) is 4.80. The van der Waals surface area contributed by atoms with E-state index in [2.05, 4.69) is 17.1 Å². The van der Waals surface area contributed by atoms with Crippen LogP contribution >= 0.6 is 0 Å². The number of rotatable bonds is 5. The second-order valence-electron chi connectivity index (χ2n) is 8.65. The third-order valence-corrected chi connectivity index (χ3v) is 6.54. The highest BCUT2D eigenvalue weighted by molar-refractivity contribution is 5.96. The number of aromatic nitrogens is 3. The van der Waals surface area contributed by atoms with E-state index >= 15 is 0 Å². The zero-order valence-electron chi connectivity index (χ0n) is 18.8. The Hall–Kier alpha value is -3.61. The summed E-state index contributed by atoms with van der Waals surface area (Å²) < 4.78 is 0. The van der Waals surface area contributed by atoms with E-state index in [9.17, 15) is 9.59 Å². The van der Waals surface area contributed by atoms with E-state index in [-0.39, 0.29) is 17.9 Å². The van der Waals surface area contributed by atoms with Crippen molar-refractivity contribution in [3.05, 3.63) is 83.1 Å². The zero-order chi connectivity index (χ0) is 22.8. The largest absolute Gasteiger partial charge is 0.328 e. The van der Waals surface area contributed by atoms with Crippen LogP contribution in [0.4, 0.5) is 5.82 Å². The van der Waals surface area contributed by atoms with Crippen molar-refractivity contribution >= 4 is 17.6 Å². The van der Waals surface area contributed by atoms with Crippen LogP contribution in [0, 0.1) is 6.92 Å². The quantitative estimate of drug-likeness (QED) is 0.604. The molecule has 168 valence electrons. The van der Waals surface area contributed by atoms with Crippen LogP contribution in [0.3, 0.4) is 0 Å². The smallest absolute Gasteiger partial charge is 0.256 e. The molecule has 0 aliphatic carbocycles. The molecule has 2 amide bonds. The molecule has 0 saturated carbocycles. The molecular formula is C26H27N5O2. The predicted molar refractivity (Wildman–Crippen MR) is 125 cm³/mol. The summed E-state index contributed by atoms with van der Waals surface area (Å²) in [5.41, 5.74) is 3.69. The summed E-state index contributed by atoms with van der Waals surface area (Å²) in [6.45, 7) is 3.22. The summed E-state index contributed by atoms with van der Waals surface area (Å²) >= 11 is 0. The van der Waals surface area contributed by atoms with Crippen LogP contribution in [-0.2, 0) is 17.6 Å². The van der Waals surface area contributed by atoms with Crippen molar-refractivity contribution in [2.45, 2.75) is 45.1 Å². The van der Waals surface area contributed by atoms with Crippen molar-refractivity contribution < 1.29 is 9.59 Å². The van der Waals surface area contributed by atoms with Crippen molar-refractivity contribution in [2.75, 3.05) is 18.0 Å². The molecule has 1 saturated heterocycles. The van der Waals surface area contributed by atoms with Gasteiger partial charge in [-0.1, -0.05) is 30.3 Å². The van der Waals surface area contributed by atoms with Crippen LogP contribution in [0.25, 0.3) is 0 Å². The molecule has 33 heavy (non-hydrogen) atoms. The van der Waals surface area contributed by atoms with E-state index < -0.39 is 0 Å². The molecule has 3 aromatic rings. The highest BCUT2D eigenvalue weighted by Gasteiger charge is 2.35. The maximum atomic E-state index is 13.1. The molecule has 4 heterocycles. The van der Waals surface area contributed by atoms with E-state index in [1.807, 2.05) is 34.9 Å². The number of aryl methyl sites for hydroxylation is 1. The molecule has 0 spiro atoms. The van der Waals surface area contributed by atoms with Gasteiger partial charge < -0.3 is 4.90 Å². The molecular weight excluding hydrogens is 414 g/mol. The normalized spacial score (nSPS) is 17.8. The Morgan fingerprint density at radius 1 is 1.09 bits per heavy atom. The van der Waals surface area contributed by atoms with Gasteiger partial charge in [0.25, 0.3) is 5.91 Å².